The summed E-state index contributed by atoms with van der Waals surface area (Å²) >= 11 is 1.91. The van der Waals surface area contributed by atoms with Gasteiger partial charge in [0.05, 0.1) is 0 Å². The molecular weight excluding hydrogens is 463 g/mol. The molecular formula is C20H21Cl2SSiZr. The molecule has 0 aromatic heterocycles. The second-order valence-electron chi connectivity index (χ2n) is 6.08. The minimum atomic E-state index is -0.220. The zero-order valence-corrected chi connectivity index (χ0v) is 20.4. The number of allylic oxidation sites excluding steroid dienone is 4. The van der Waals surface area contributed by atoms with Gasteiger partial charge in [0.1, 0.15) is 0 Å². The summed E-state index contributed by atoms with van der Waals surface area (Å²) in [6, 6.07) is 12.8. The van der Waals surface area contributed by atoms with E-state index in [4.69, 9.17) is 0 Å². The first-order chi connectivity index (χ1) is 10.6. The number of hydrogen-bond acceptors (Lipinski definition) is 1. The SMILES string of the molecule is C[Si](C)=CC1=CC2=CSCC2=C1.Cc1cc2ccccc2[cH-]1.[Cl-].[Cl-].[Zr+3]. The Morgan fingerprint density at radius 2 is 1.84 bits per heavy atom. The molecule has 0 spiro atoms. The van der Waals surface area contributed by atoms with Crippen LogP contribution in [-0.2, 0) is 26.2 Å². The summed E-state index contributed by atoms with van der Waals surface area (Å²) < 4.78 is 0. The largest absolute Gasteiger partial charge is 3.00 e. The van der Waals surface area contributed by atoms with E-state index in [1.807, 2.05) is 11.8 Å². The Morgan fingerprint density at radius 3 is 2.48 bits per heavy atom. The fourth-order valence-electron chi connectivity index (χ4n) is 2.78. The second-order valence-corrected chi connectivity index (χ2v) is 9.38. The Hall–Kier alpha value is -0.0500. The second kappa shape index (κ2) is 11.6. The molecule has 129 valence electrons. The molecule has 1 heterocycles. The van der Waals surface area contributed by atoms with Crippen molar-refractivity contribution in [2.75, 3.05) is 5.75 Å². The van der Waals surface area contributed by atoms with Gasteiger partial charge in [-0.05, 0) is 28.2 Å². The summed E-state index contributed by atoms with van der Waals surface area (Å²) in [6.07, 6.45) is 4.65. The molecule has 1 radical (unpaired) electrons. The van der Waals surface area contributed by atoms with Crippen molar-refractivity contribution in [2.24, 2.45) is 0 Å². The molecule has 0 saturated carbocycles. The molecule has 0 amide bonds. The quantitative estimate of drug-likeness (QED) is 0.389. The van der Waals surface area contributed by atoms with Gasteiger partial charge in [0.2, 0.25) is 0 Å². The molecule has 1 aliphatic carbocycles. The maximum absolute atomic E-state index is 2.42. The molecule has 4 rings (SSSR count). The van der Waals surface area contributed by atoms with Crippen LogP contribution >= 0.6 is 11.8 Å². The fraction of sp³-hybridized carbons (Fsp3) is 0.200. The fourth-order valence-corrected chi connectivity index (χ4v) is 4.52. The van der Waals surface area contributed by atoms with Crippen LogP contribution in [-0.4, -0.2) is 19.8 Å². The molecule has 2 aromatic rings. The summed E-state index contributed by atoms with van der Waals surface area (Å²) in [5.74, 6) is 1.18. The third-order valence-electron chi connectivity index (χ3n) is 3.70. The van der Waals surface area contributed by atoms with Crippen LogP contribution in [0.4, 0.5) is 0 Å². The normalized spacial score (nSPS) is 13.6. The summed E-state index contributed by atoms with van der Waals surface area (Å²) in [4.78, 5) is 0. The predicted octanol–water partition coefficient (Wildman–Crippen LogP) is -0.506. The molecule has 0 N–H and O–H groups in total. The minimum Gasteiger partial charge on any atom is -1.00 e. The van der Waals surface area contributed by atoms with E-state index in [1.165, 1.54) is 38.8 Å². The van der Waals surface area contributed by atoms with Gasteiger partial charge in [-0.3, -0.25) is 0 Å². The first-order valence-electron chi connectivity index (χ1n) is 7.63. The van der Waals surface area contributed by atoms with Gasteiger partial charge in [0.15, 0.2) is 0 Å². The van der Waals surface area contributed by atoms with Crippen molar-refractivity contribution in [3.8, 4) is 0 Å². The topological polar surface area (TPSA) is 0 Å². The summed E-state index contributed by atoms with van der Waals surface area (Å²) in [7, 11) is -0.220. The minimum absolute atomic E-state index is 0. The zero-order chi connectivity index (χ0) is 15.5. The van der Waals surface area contributed by atoms with Crippen molar-refractivity contribution in [3.63, 3.8) is 0 Å². The van der Waals surface area contributed by atoms with Crippen molar-refractivity contribution in [1.82, 2.24) is 0 Å². The van der Waals surface area contributed by atoms with Crippen LogP contribution < -0.4 is 24.8 Å². The number of fused-ring (bicyclic) bond motifs is 2. The average Bonchev–Trinajstić information content (AvgIpc) is 3.11. The van der Waals surface area contributed by atoms with Crippen LogP contribution in [0.25, 0.3) is 10.8 Å². The standard InChI is InChI=1S/C10H12SSi.C10H9.2ClH.Zr/c1-12(2)7-8-3-9-5-11-6-10(9)4-8;1-8-6-9-4-2-3-5-10(9)7-8;;;/h3-5,7H,6H2,1-2H3;2-7H,1H3;2*1H;/q;-1;;;+3/p-2. The molecule has 0 bridgehead atoms. The number of rotatable bonds is 1. The Labute approximate surface area is 188 Å². The monoisotopic (exact) mass is 481 g/mol. The van der Waals surface area contributed by atoms with Crippen molar-refractivity contribution >= 4 is 36.6 Å². The molecule has 2 aliphatic rings. The molecule has 0 unspecified atom stereocenters. The number of halogens is 2. The summed E-state index contributed by atoms with van der Waals surface area (Å²) in [5.41, 5.74) is 8.18. The predicted molar refractivity (Wildman–Crippen MR) is 105 cm³/mol. The molecule has 0 saturated heterocycles. The third kappa shape index (κ3) is 6.88. The zero-order valence-electron chi connectivity index (χ0n) is 14.6. The molecule has 0 nitrogen and oxygen atoms in total. The van der Waals surface area contributed by atoms with Crippen LogP contribution in [0.3, 0.4) is 0 Å². The Balaban J connectivity index is 0.000000416. The van der Waals surface area contributed by atoms with Gasteiger partial charge in [-0.1, -0.05) is 37.8 Å². The van der Waals surface area contributed by atoms with Gasteiger partial charge >= 0.3 is 26.2 Å². The van der Waals surface area contributed by atoms with Gasteiger partial charge in [0, 0.05) is 14.2 Å². The summed E-state index contributed by atoms with van der Waals surface area (Å²) in [5, 5.41) is 4.96. The third-order valence-corrected chi connectivity index (χ3v) is 5.51. The number of thioether (sulfide) groups is 1. The van der Waals surface area contributed by atoms with Crippen molar-refractivity contribution in [3.05, 3.63) is 76.2 Å². The number of aryl methyl sites for hydroxylation is 1. The van der Waals surface area contributed by atoms with Crippen LogP contribution in [0.5, 0.6) is 0 Å². The van der Waals surface area contributed by atoms with E-state index in [0.29, 0.717) is 0 Å². The maximum Gasteiger partial charge on any atom is 3.00 e. The van der Waals surface area contributed by atoms with E-state index in [2.05, 4.69) is 79.6 Å². The van der Waals surface area contributed by atoms with Crippen LogP contribution in [0.15, 0.2) is 70.7 Å². The maximum atomic E-state index is 2.42. The van der Waals surface area contributed by atoms with Gasteiger partial charge in [0.25, 0.3) is 0 Å². The van der Waals surface area contributed by atoms with E-state index in [9.17, 15) is 0 Å². The van der Waals surface area contributed by atoms with Crippen molar-refractivity contribution in [1.29, 1.82) is 0 Å². The summed E-state index contributed by atoms with van der Waals surface area (Å²) in [6.45, 7) is 6.77. The molecule has 5 heteroatoms. The van der Waals surface area contributed by atoms with Crippen LogP contribution in [0, 0.1) is 6.92 Å². The van der Waals surface area contributed by atoms with E-state index in [1.54, 1.807) is 0 Å². The number of benzene rings is 1. The van der Waals surface area contributed by atoms with E-state index in [-0.39, 0.29) is 59.4 Å². The van der Waals surface area contributed by atoms with Crippen molar-refractivity contribution < 1.29 is 51.0 Å². The van der Waals surface area contributed by atoms with Gasteiger partial charge in [-0.25, -0.2) is 0 Å². The Bertz CT molecular complexity index is 794. The van der Waals surface area contributed by atoms with E-state index >= 15 is 0 Å². The average molecular weight is 484 g/mol. The smallest absolute Gasteiger partial charge is 1.00 e. The first-order valence-corrected chi connectivity index (χ1v) is 11.3. The van der Waals surface area contributed by atoms with Gasteiger partial charge < -0.3 is 24.8 Å². The van der Waals surface area contributed by atoms with Crippen LogP contribution in [0.1, 0.15) is 5.56 Å². The molecule has 25 heavy (non-hydrogen) atoms. The molecule has 2 aromatic carbocycles. The van der Waals surface area contributed by atoms with E-state index < -0.39 is 0 Å². The van der Waals surface area contributed by atoms with Gasteiger partial charge in [-0.2, -0.15) is 6.07 Å². The first kappa shape index (κ1) is 24.9. The Kier molecular flexibility index (Phi) is 11.6. The molecule has 0 fully saturated rings. The van der Waals surface area contributed by atoms with Crippen LogP contribution in [0.2, 0.25) is 13.1 Å². The molecule has 0 atom stereocenters. The van der Waals surface area contributed by atoms with Gasteiger partial charge in [-0.15, -0.1) is 52.4 Å². The van der Waals surface area contributed by atoms with Crippen molar-refractivity contribution in [2.45, 2.75) is 20.0 Å². The Morgan fingerprint density at radius 1 is 1.12 bits per heavy atom. The number of hydrogen-bond donors (Lipinski definition) is 0. The van der Waals surface area contributed by atoms with E-state index in [0.717, 1.165) is 0 Å². The molecule has 1 aliphatic heterocycles.